The maximum Gasteiger partial charge on any atom is 0.233 e. The molecular formula is C9H15N5O. The van der Waals surface area contributed by atoms with E-state index in [0.717, 1.165) is 6.42 Å². The van der Waals surface area contributed by atoms with E-state index in [0.29, 0.717) is 19.4 Å². The van der Waals surface area contributed by atoms with Gasteiger partial charge in [-0.1, -0.05) is 0 Å². The van der Waals surface area contributed by atoms with Crippen molar-refractivity contribution in [1.29, 1.82) is 10.5 Å². The van der Waals surface area contributed by atoms with Gasteiger partial charge in [0.05, 0.1) is 25.2 Å². The summed E-state index contributed by atoms with van der Waals surface area (Å²) in [4.78, 5) is 12.5. The van der Waals surface area contributed by atoms with Crippen molar-refractivity contribution in [2.75, 3.05) is 19.6 Å². The van der Waals surface area contributed by atoms with E-state index in [1.807, 2.05) is 17.6 Å². The van der Waals surface area contributed by atoms with Gasteiger partial charge in [0.2, 0.25) is 5.91 Å². The molecule has 0 aliphatic heterocycles. The minimum absolute atomic E-state index is 0.192. The van der Waals surface area contributed by atoms with E-state index in [9.17, 15) is 4.79 Å². The van der Waals surface area contributed by atoms with Crippen LogP contribution in [0.25, 0.3) is 0 Å². The Kier molecular flexibility index (Phi) is 7.97. The summed E-state index contributed by atoms with van der Waals surface area (Å²) in [5.74, 6) is 4.72. The Bertz CT molecular complexity index is 249. The molecule has 82 valence electrons. The quantitative estimate of drug-likeness (QED) is 0.193. The van der Waals surface area contributed by atoms with Gasteiger partial charge in [0.1, 0.15) is 0 Å². The highest BCUT2D eigenvalue weighted by molar-refractivity contribution is 5.75. The molecule has 0 saturated carbocycles. The molecule has 0 aromatic carbocycles. The van der Waals surface area contributed by atoms with Crippen LogP contribution >= 0.6 is 0 Å². The summed E-state index contributed by atoms with van der Waals surface area (Å²) in [6.45, 7) is 1.15. The Morgan fingerprint density at radius 2 is 1.87 bits per heavy atom. The highest BCUT2D eigenvalue weighted by Crippen LogP contribution is 1.98. The van der Waals surface area contributed by atoms with Crippen molar-refractivity contribution in [3.05, 3.63) is 0 Å². The number of unbranched alkanes of at least 4 members (excludes halogenated alkanes) is 1. The number of hydrogen-bond acceptors (Lipinski definition) is 5. The van der Waals surface area contributed by atoms with Gasteiger partial charge in [-0.15, -0.1) is 0 Å². The number of hydrogen-bond donors (Lipinski definition) is 2. The molecule has 0 aliphatic rings. The van der Waals surface area contributed by atoms with Gasteiger partial charge in [-0.05, 0) is 12.8 Å². The van der Waals surface area contributed by atoms with Crippen LogP contribution in [0.5, 0.6) is 0 Å². The molecule has 0 fully saturated rings. The van der Waals surface area contributed by atoms with E-state index in [1.165, 1.54) is 0 Å². The van der Waals surface area contributed by atoms with Crippen LogP contribution < -0.4 is 11.3 Å². The Morgan fingerprint density at radius 1 is 1.27 bits per heavy atom. The Morgan fingerprint density at radius 3 is 2.33 bits per heavy atom. The van der Waals surface area contributed by atoms with E-state index in [-0.39, 0.29) is 19.0 Å². The first-order valence-corrected chi connectivity index (χ1v) is 4.70. The number of nitrogens with two attached hydrogens (primary N) is 1. The summed E-state index contributed by atoms with van der Waals surface area (Å²) < 4.78 is 0. The SMILES string of the molecule is N#CCN(CC#N)CCCCC(=O)NN. The standard InChI is InChI=1S/C9H15N5O/c10-4-7-14(8-5-11)6-2-1-3-9(15)13-12/h1-3,6-8,12H2,(H,13,15). The molecule has 0 saturated heterocycles. The molecule has 0 unspecified atom stereocenters. The Balaban J connectivity index is 3.59. The Hall–Kier alpha value is -1.63. The number of carbonyl (C=O) groups excluding carboxylic acids is 1. The number of nitrogens with one attached hydrogen (secondary N) is 1. The van der Waals surface area contributed by atoms with Crippen LogP contribution in [-0.2, 0) is 4.79 Å². The maximum atomic E-state index is 10.8. The molecule has 0 heterocycles. The number of amides is 1. The smallest absolute Gasteiger partial charge is 0.233 e. The first kappa shape index (κ1) is 13.4. The van der Waals surface area contributed by atoms with Crippen molar-refractivity contribution in [3.63, 3.8) is 0 Å². The molecule has 0 aromatic rings. The third kappa shape index (κ3) is 7.44. The molecule has 0 atom stereocenters. The zero-order chi connectivity index (χ0) is 11.5. The summed E-state index contributed by atoms with van der Waals surface area (Å²) in [6.07, 6.45) is 1.86. The third-order valence-electron chi connectivity index (χ3n) is 1.88. The lowest BCUT2D eigenvalue weighted by atomic mass is 10.2. The summed E-state index contributed by atoms with van der Waals surface area (Å²) >= 11 is 0. The van der Waals surface area contributed by atoms with Crippen LogP contribution in [0, 0.1) is 22.7 Å². The van der Waals surface area contributed by atoms with Gasteiger partial charge in [-0.3, -0.25) is 15.1 Å². The zero-order valence-corrected chi connectivity index (χ0v) is 8.57. The van der Waals surface area contributed by atoms with E-state index < -0.39 is 0 Å². The van der Waals surface area contributed by atoms with Gasteiger partial charge in [-0.25, -0.2) is 5.84 Å². The fourth-order valence-electron chi connectivity index (χ4n) is 1.11. The fraction of sp³-hybridized carbons (Fsp3) is 0.667. The van der Waals surface area contributed by atoms with Crippen LogP contribution in [0.4, 0.5) is 0 Å². The first-order valence-electron chi connectivity index (χ1n) is 4.70. The van der Waals surface area contributed by atoms with Crippen LogP contribution in [0.2, 0.25) is 0 Å². The van der Waals surface area contributed by atoms with Crippen LogP contribution in [0.15, 0.2) is 0 Å². The largest absolute Gasteiger partial charge is 0.294 e. The fourth-order valence-corrected chi connectivity index (χ4v) is 1.11. The normalized spacial score (nSPS) is 9.33. The van der Waals surface area contributed by atoms with E-state index in [2.05, 4.69) is 0 Å². The lowest BCUT2D eigenvalue weighted by Gasteiger charge is -2.14. The number of rotatable bonds is 7. The molecule has 0 rings (SSSR count). The monoisotopic (exact) mass is 209 g/mol. The highest BCUT2D eigenvalue weighted by Gasteiger charge is 2.03. The molecule has 0 spiro atoms. The van der Waals surface area contributed by atoms with Gasteiger partial charge in [-0.2, -0.15) is 10.5 Å². The van der Waals surface area contributed by atoms with E-state index >= 15 is 0 Å². The summed E-state index contributed by atoms with van der Waals surface area (Å²) in [7, 11) is 0. The number of carbonyl (C=O) groups is 1. The van der Waals surface area contributed by atoms with Crippen molar-refractivity contribution in [3.8, 4) is 12.1 Å². The second-order valence-electron chi connectivity index (χ2n) is 3.05. The van der Waals surface area contributed by atoms with Gasteiger partial charge in [0.15, 0.2) is 0 Å². The van der Waals surface area contributed by atoms with Crippen LogP contribution in [0.3, 0.4) is 0 Å². The Labute approximate surface area is 89.2 Å². The number of hydrazine groups is 1. The number of nitriles is 2. The molecular weight excluding hydrogens is 194 g/mol. The number of nitrogens with zero attached hydrogens (tertiary/aromatic N) is 3. The average molecular weight is 209 g/mol. The summed E-state index contributed by atoms with van der Waals surface area (Å²) in [6, 6.07) is 3.98. The highest BCUT2D eigenvalue weighted by atomic mass is 16.2. The van der Waals surface area contributed by atoms with Crippen molar-refractivity contribution >= 4 is 5.91 Å². The molecule has 0 bridgehead atoms. The second kappa shape index (κ2) is 8.95. The molecule has 15 heavy (non-hydrogen) atoms. The molecule has 1 amide bonds. The molecule has 0 aromatic heterocycles. The predicted octanol–water partition coefficient (Wildman–Crippen LogP) is -0.504. The van der Waals surface area contributed by atoms with Crippen molar-refractivity contribution < 1.29 is 4.79 Å². The van der Waals surface area contributed by atoms with Crippen LogP contribution in [-0.4, -0.2) is 30.4 Å². The second-order valence-corrected chi connectivity index (χ2v) is 3.05. The molecule has 6 nitrogen and oxygen atoms in total. The molecule has 3 N–H and O–H groups in total. The van der Waals surface area contributed by atoms with Crippen LogP contribution in [0.1, 0.15) is 19.3 Å². The van der Waals surface area contributed by atoms with E-state index in [4.69, 9.17) is 16.4 Å². The molecule has 0 aliphatic carbocycles. The van der Waals surface area contributed by atoms with Crippen molar-refractivity contribution in [1.82, 2.24) is 10.3 Å². The zero-order valence-electron chi connectivity index (χ0n) is 8.57. The minimum Gasteiger partial charge on any atom is -0.294 e. The molecule has 6 heteroatoms. The van der Waals surface area contributed by atoms with Crippen molar-refractivity contribution in [2.45, 2.75) is 19.3 Å². The summed E-state index contributed by atoms with van der Waals surface area (Å²) in [5.41, 5.74) is 2.05. The first-order chi connectivity index (χ1) is 7.24. The van der Waals surface area contributed by atoms with Crippen molar-refractivity contribution in [2.24, 2.45) is 5.84 Å². The van der Waals surface area contributed by atoms with Gasteiger partial charge >= 0.3 is 0 Å². The minimum atomic E-state index is -0.192. The lowest BCUT2D eigenvalue weighted by molar-refractivity contribution is -0.121. The maximum absolute atomic E-state index is 10.8. The molecule has 0 radical (unpaired) electrons. The predicted molar refractivity (Wildman–Crippen MR) is 53.8 cm³/mol. The average Bonchev–Trinajstić information content (AvgIpc) is 2.24. The van der Waals surface area contributed by atoms with E-state index in [1.54, 1.807) is 4.90 Å². The third-order valence-corrected chi connectivity index (χ3v) is 1.88. The lowest BCUT2D eigenvalue weighted by Crippen LogP contribution is -2.30. The van der Waals surface area contributed by atoms with Gasteiger partial charge in [0, 0.05) is 13.0 Å². The topological polar surface area (TPSA) is 106 Å². The van der Waals surface area contributed by atoms with Gasteiger partial charge in [0.25, 0.3) is 0 Å². The van der Waals surface area contributed by atoms with Gasteiger partial charge < -0.3 is 0 Å². The summed E-state index contributed by atoms with van der Waals surface area (Å²) in [5, 5.41) is 16.9.